The number of H-pyrrole nitrogens is 1. The molecule has 90 valence electrons. The molecule has 0 atom stereocenters. The van der Waals surface area contributed by atoms with Crippen molar-refractivity contribution in [1.82, 2.24) is 10.3 Å². The lowest BCUT2D eigenvalue weighted by Gasteiger charge is -2.35. The van der Waals surface area contributed by atoms with Crippen LogP contribution in [0.25, 0.3) is 10.9 Å². The van der Waals surface area contributed by atoms with Crippen molar-refractivity contribution in [2.75, 3.05) is 19.8 Å². The first-order chi connectivity index (χ1) is 8.30. The normalized spacial score (nSPS) is 18.2. The lowest BCUT2D eigenvalue weighted by molar-refractivity contribution is 0.0823. The van der Waals surface area contributed by atoms with Crippen LogP contribution in [0, 0.1) is 0 Å². The largest absolute Gasteiger partial charge is 0.394 e. The third-order valence-electron chi connectivity index (χ3n) is 3.67. The molecule has 1 aliphatic heterocycles. The quantitative estimate of drug-likeness (QED) is 0.609. The monoisotopic (exact) mass is 232 g/mol. The molecule has 0 radical (unpaired) electrons. The molecular weight excluding hydrogens is 216 g/mol. The average Bonchev–Trinajstić information content (AvgIpc) is 2.77. The third kappa shape index (κ3) is 1.42. The minimum atomic E-state index is -0.730. The van der Waals surface area contributed by atoms with Crippen molar-refractivity contribution in [2.24, 2.45) is 0 Å². The van der Waals surface area contributed by atoms with Crippen LogP contribution in [-0.2, 0) is 12.0 Å². The molecule has 17 heavy (non-hydrogen) atoms. The lowest BCUT2D eigenvalue weighted by atomic mass is 9.88. The van der Waals surface area contributed by atoms with Crippen LogP contribution >= 0.6 is 0 Å². The summed E-state index contributed by atoms with van der Waals surface area (Å²) in [5, 5.41) is 23.5. The van der Waals surface area contributed by atoms with Crippen LogP contribution in [0.15, 0.2) is 24.3 Å². The highest BCUT2D eigenvalue weighted by Gasteiger charge is 2.37. The van der Waals surface area contributed by atoms with E-state index in [-0.39, 0.29) is 13.2 Å². The second-order valence-electron chi connectivity index (χ2n) is 4.60. The molecule has 0 aliphatic carbocycles. The molecule has 0 saturated carbocycles. The number of rotatable bonds is 2. The molecule has 0 amide bonds. The predicted molar refractivity (Wildman–Crippen MR) is 65.9 cm³/mol. The van der Waals surface area contributed by atoms with Crippen LogP contribution in [0.3, 0.4) is 0 Å². The van der Waals surface area contributed by atoms with Crippen molar-refractivity contribution in [2.45, 2.75) is 12.0 Å². The highest BCUT2D eigenvalue weighted by Crippen LogP contribution is 2.33. The number of hydrogen-bond acceptors (Lipinski definition) is 3. The molecule has 4 heteroatoms. The van der Waals surface area contributed by atoms with Crippen LogP contribution in [0.5, 0.6) is 0 Å². The highest BCUT2D eigenvalue weighted by atomic mass is 16.3. The molecule has 1 aromatic heterocycles. The molecule has 1 aliphatic rings. The molecule has 4 nitrogen and oxygen atoms in total. The number of para-hydroxylation sites is 1. The van der Waals surface area contributed by atoms with E-state index in [0.717, 1.165) is 24.2 Å². The Kier molecular flexibility index (Phi) is 2.43. The Bertz CT molecular complexity index is 543. The molecule has 2 aromatic rings. The van der Waals surface area contributed by atoms with Gasteiger partial charge < -0.3 is 20.5 Å². The number of fused-ring (bicyclic) bond motifs is 3. The molecule has 0 spiro atoms. The van der Waals surface area contributed by atoms with Gasteiger partial charge in [0.25, 0.3) is 0 Å². The minimum Gasteiger partial charge on any atom is -0.394 e. The third-order valence-corrected chi connectivity index (χ3v) is 3.67. The van der Waals surface area contributed by atoms with Crippen LogP contribution in [0.2, 0.25) is 0 Å². The van der Waals surface area contributed by atoms with Crippen LogP contribution in [-0.4, -0.2) is 35.0 Å². The van der Waals surface area contributed by atoms with E-state index in [0.29, 0.717) is 0 Å². The van der Waals surface area contributed by atoms with Crippen molar-refractivity contribution >= 4 is 10.9 Å². The summed E-state index contributed by atoms with van der Waals surface area (Å²) in [7, 11) is 0. The van der Waals surface area contributed by atoms with Gasteiger partial charge in [-0.2, -0.15) is 0 Å². The average molecular weight is 232 g/mol. The smallest absolute Gasteiger partial charge is 0.106 e. The van der Waals surface area contributed by atoms with Crippen LogP contribution in [0.4, 0.5) is 0 Å². The number of benzene rings is 1. The molecule has 0 saturated heterocycles. The summed E-state index contributed by atoms with van der Waals surface area (Å²) < 4.78 is 0. The fraction of sp³-hybridized carbons (Fsp3) is 0.385. The lowest BCUT2D eigenvalue weighted by Crippen LogP contribution is -2.52. The second-order valence-corrected chi connectivity index (χ2v) is 4.60. The minimum absolute atomic E-state index is 0.108. The zero-order valence-corrected chi connectivity index (χ0v) is 9.53. The maximum atomic E-state index is 9.57. The Hall–Kier alpha value is -1.36. The van der Waals surface area contributed by atoms with Gasteiger partial charge in [-0.25, -0.2) is 0 Å². The summed E-state index contributed by atoms with van der Waals surface area (Å²) in [6.45, 7) is 0.558. The van der Waals surface area contributed by atoms with E-state index >= 15 is 0 Å². The first kappa shape index (κ1) is 10.8. The summed E-state index contributed by atoms with van der Waals surface area (Å²) in [5.41, 5.74) is 2.47. The van der Waals surface area contributed by atoms with Gasteiger partial charge in [0.15, 0.2) is 0 Å². The van der Waals surface area contributed by atoms with Crippen molar-refractivity contribution in [3.05, 3.63) is 35.5 Å². The molecule has 0 bridgehead atoms. The first-order valence-corrected chi connectivity index (χ1v) is 5.87. The van der Waals surface area contributed by atoms with Gasteiger partial charge in [-0.1, -0.05) is 18.2 Å². The Labute approximate surface area is 99.3 Å². The zero-order chi connectivity index (χ0) is 11.9. The number of aliphatic hydroxyl groups excluding tert-OH is 2. The maximum Gasteiger partial charge on any atom is 0.106 e. The van der Waals surface area contributed by atoms with Gasteiger partial charge in [-0.15, -0.1) is 0 Å². The van der Waals surface area contributed by atoms with E-state index in [2.05, 4.69) is 16.4 Å². The highest BCUT2D eigenvalue weighted by molar-refractivity contribution is 5.85. The fourth-order valence-corrected chi connectivity index (χ4v) is 2.70. The van der Waals surface area contributed by atoms with Crippen LogP contribution < -0.4 is 5.32 Å². The topological polar surface area (TPSA) is 68.3 Å². The number of aromatic amines is 1. The van der Waals surface area contributed by atoms with Crippen molar-refractivity contribution in [3.63, 3.8) is 0 Å². The molecule has 3 rings (SSSR count). The first-order valence-electron chi connectivity index (χ1n) is 5.87. The number of aliphatic hydroxyl groups is 2. The second kappa shape index (κ2) is 3.84. The van der Waals surface area contributed by atoms with E-state index < -0.39 is 5.54 Å². The molecule has 1 aromatic carbocycles. The van der Waals surface area contributed by atoms with Crippen LogP contribution in [0.1, 0.15) is 11.3 Å². The summed E-state index contributed by atoms with van der Waals surface area (Å²) in [4.78, 5) is 3.33. The SMILES string of the molecule is OCC1(CO)NCCc2c1[nH]c1ccccc21. The Morgan fingerprint density at radius 3 is 2.71 bits per heavy atom. The van der Waals surface area contributed by atoms with Gasteiger partial charge in [-0.3, -0.25) is 0 Å². The van der Waals surface area contributed by atoms with Gasteiger partial charge in [0.2, 0.25) is 0 Å². The Balaban J connectivity index is 2.27. The van der Waals surface area contributed by atoms with Gasteiger partial charge in [0, 0.05) is 23.1 Å². The summed E-state index contributed by atoms with van der Waals surface area (Å²) in [6.07, 6.45) is 0.918. The van der Waals surface area contributed by atoms with Crippen molar-refractivity contribution in [1.29, 1.82) is 0 Å². The number of nitrogens with one attached hydrogen (secondary N) is 2. The van der Waals surface area contributed by atoms with E-state index in [4.69, 9.17) is 0 Å². The number of hydrogen-bond donors (Lipinski definition) is 4. The van der Waals surface area contributed by atoms with E-state index in [1.54, 1.807) is 0 Å². The summed E-state index contributed by atoms with van der Waals surface area (Å²) in [5.74, 6) is 0. The summed E-state index contributed by atoms with van der Waals surface area (Å²) in [6, 6.07) is 8.10. The standard InChI is InChI=1S/C13H16N2O2/c16-7-13(8-17)12-10(5-6-14-13)9-3-1-2-4-11(9)15-12/h1-4,14-17H,5-8H2. The predicted octanol–water partition coefficient (Wildman–Crippen LogP) is 0.493. The zero-order valence-electron chi connectivity index (χ0n) is 9.53. The van der Waals surface area contributed by atoms with Crippen molar-refractivity contribution < 1.29 is 10.2 Å². The Morgan fingerprint density at radius 1 is 1.18 bits per heavy atom. The Morgan fingerprint density at radius 2 is 1.94 bits per heavy atom. The molecule has 0 unspecified atom stereocenters. The number of aromatic nitrogens is 1. The van der Waals surface area contributed by atoms with E-state index in [9.17, 15) is 10.2 Å². The van der Waals surface area contributed by atoms with Gasteiger partial charge in [-0.05, 0) is 18.1 Å². The van der Waals surface area contributed by atoms with E-state index in [1.165, 1.54) is 10.9 Å². The van der Waals surface area contributed by atoms with Gasteiger partial charge in [0.1, 0.15) is 5.54 Å². The molecule has 2 heterocycles. The van der Waals surface area contributed by atoms with Gasteiger partial charge in [0.05, 0.1) is 13.2 Å². The summed E-state index contributed by atoms with van der Waals surface area (Å²) >= 11 is 0. The van der Waals surface area contributed by atoms with Crippen molar-refractivity contribution in [3.8, 4) is 0 Å². The van der Waals surface area contributed by atoms with E-state index in [1.807, 2.05) is 18.2 Å². The maximum absolute atomic E-state index is 9.57. The van der Waals surface area contributed by atoms with Gasteiger partial charge >= 0.3 is 0 Å². The molecular formula is C13H16N2O2. The molecule has 0 fully saturated rings. The fourth-order valence-electron chi connectivity index (χ4n) is 2.70. The molecule has 4 N–H and O–H groups in total.